The zero-order valence-corrected chi connectivity index (χ0v) is 12.4. The molecule has 1 amide bonds. The molecule has 1 fully saturated rings. The molecule has 112 valence electrons. The number of ether oxygens (including phenoxy) is 1. The van der Waals surface area contributed by atoms with E-state index >= 15 is 0 Å². The number of ketones is 1. The summed E-state index contributed by atoms with van der Waals surface area (Å²) >= 11 is 0. The second kappa shape index (κ2) is 5.88. The maximum atomic E-state index is 12.3. The monoisotopic (exact) mass is 287 g/mol. The van der Waals surface area contributed by atoms with Gasteiger partial charge in [-0.2, -0.15) is 0 Å². The Hall–Kier alpha value is -1.84. The van der Waals surface area contributed by atoms with Gasteiger partial charge in [0.05, 0.1) is 0 Å². The molecule has 1 aromatic rings. The van der Waals surface area contributed by atoms with Crippen molar-refractivity contribution >= 4 is 11.7 Å². The zero-order chi connectivity index (χ0) is 14.8. The molecule has 1 unspecified atom stereocenters. The van der Waals surface area contributed by atoms with E-state index in [1.807, 2.05) is 23.1 Å². The molecule has 3 rings (SSSR count). The Morgan fingerprint density at radius 3 is 3.00 bits per heavy atom. The average Bonchev–Trinajstić information content (AvgIpc) is 2.87. The summed E-state index contributed by atoms with van der Waals surface area (Å²) in [6, 6.07) is 5.82. The third-order valence-electron chi connectivity index (χ3n) is 4.51. The number of nitrogens with zero attached hydrogens (tertiary/aromatic N) is 1. The van der Waals surface area contributed by atoms with Gasteiger partial charge in [-0.1, -0.05) is 12.1 Å². The molecule has 1 atom stereocenters. The SMILES string of the molecule is CC1CCCCN1C(=O)COc1cccc2c1CCC2=O. The fraction of sp³-hybridized carbons (Fsp3) is 0.529. The van der Waals surface area contributed by atoms with Crippen LogP contribution in [-0.2, 0) is 11.2 Å². The highest BCUT2D eigenvalue weighted by Crippen LogP contribution is 2.30. The van der Waals surface area contributed by atoms with Crippen LogP contribution in [0.2, 0.25) is 0 Å². The van der Waals surface area contributed by atoms with E-state index in [1.165, 1.54) is 6.42 Å². The molecule has 0 saturated carbocycles. The van der Waals surface area contributed by atoms with Gasteiger partial charge in [-0.3, -0.25) is 9.59 Å². The fourth-order valence-electron chi connectivity index (χ4n) is 3.28. The van der Waals surface area contributed by atoms with Gasteiger partial charge in [0.2, 0.25) is 0 Å². The predicted molar refractivity (Wildman–Crippen MR) is 79.6 cm³/mol. The molecule has 4 nitrogen and oxygen atoms in total. The molecule has 1 heterocycles. The van der Waals surface area contributed by atoms with E-state index < -0.39 is 0 Å². The number of likely N-dealkylation sites (tertiary alicyclic amines) is 1. The quantitative estimate of drug-likeness (QED) is 0.858. The van der Waals surface area contributed by atoms with Gasteiger partial charge in [0, 0.05) is 30.1 Å². The van der Waals surface area contributed by atoms with Gasteiger partial charge in [-0.15, -0.1) is 0 Å². The van der Waals surface area contributed by atoms with Crippen LogP contribution in [0.25, 0.3) is 0 Å². The normalized spacial score (nSPS) is 21.3. The number of carbonyl (C=O) groups is 2. The molecule has 0 spiro atoms. The first-order chi connectivity index (χ1) is 10.2. The summed E-state index contributed by atoms with van der Waals surface area (Å²) in [6.45, 7) is 2.99. The molecule has 0 bridgehead atoms. The average molecular weight is 287 g/mol. The van der Waals surface area contributed by atoms with E-state index in [1.54, 1.807) is 0 Å². The van der Waals surface area contributed by atoms with E-state index in [4.69, 9.17) is 4.74 Å². The highest BCUT2D eigenvalue weighted by molar-refractivity contribution is 6.01. The van der Waals surface area contributed by atoms with Crippen LogP contribution in [0, 0.1) is 0 Å². The predicted octanol–water partition coefficient (Wildman–Crippen LogP) is 2.60. The maximum Gasteiger partial charge on any atom is 0.260 e. The molecule has 21 heavy (non-hydrogen) atoms. The standard InChI is InChI=1S/C17H21NO3/c1-12-5-2-3-10-18(12)17(20)11-21-16-7-4-6-13-14(16)8-9-15(13)19/h4,6-7,12H,2-3,5,8-11H2,1H3. The number of carbonyl (C=O) groups excluding carboxylic acids is 2. The molecule has 0 aromatic heterocycles. The first kappa shape index (κ1) is 14.1. The Morgan fingerprint density at radius 2 is 2.19 bits per heavy atom. The minimum atomic E-state index is 0.0455. The van der Waals surface area contributed by atoms with E-state index in [0.29, 0.717) is 18.2 Å². The van der Waals surface area contributed by atoms with Crippen LogP contribution >= 0.6 is 0 Å². The molecule has 1 saturated heterocycles. The molecule has 0 N–H and O–H groups in total. The van der Waals surface area contributed by atoms with Gasteiger partial charge in [0.15, 0.2) is 12.4 Å². The van der Waals surface area contributed by atoms with Crippen molar-refractivity contribution in [2.75, 3.05) is 13.2 Å². The van der Waals surface area contributed by atoms with Crippen molar-refractivity contribution in [2.24, 2.45) is 0 Å². The van der Waals surface area contributed by atoms with Crippen molar-refractivity contribution in [1.29, 1.82) is 0 Å². The Labute approximate surface area is 125 Å². The highest BCUT2D eigenvalue weighted by Gasteiger charge is 2.25. The Bertz CT molecular complexity index is 567. The van der Waals surface area contributed by atoms with E-state index in [9.17, 15) is 9.59 Å². The van der Waals surface area contributed by atoms with Crippen molar-refractivity contribution in [3.8, 4) is 5.75 Å². The molecule has 2 aliphatic rings. The van der Waals surface area contributed by atoms with Crippen LogP contribution in [0.15, 0.2) is 18.2 Å². The smallest absolute Gasteiger partial charge is 0.260 e. The number of piperidine rings is 1. The van der Waals surface area contributed by atoms with Crippen LogP contribution in [0.5, 0.6) is 5.75 Å². The van der Waals surface area contributed by atoms with Crippen LogP contribution in [0.4, 0.5) is 0 Å². The number of benzene rings is 1. The molecular formula is C17H21NO3. The molecule has 1 aliphatic carbocycles. The van der Waals surface area contributed by atoms with Crippen LogP contribution in [-0.4, -0.2) is 35.8 Å². The summed E-state index contributed by atoms with van der Waals surface area (Å²) in [4.78, 5) is 25.9. The minimum absolute atomic E-state index is 0.0455. The molecule has 1 aliphatic heterocycles. The maximum absolute atomic E-state index is 12.3. The van der Waals surface area contributed by atoms with Crippen molar-refractivity contribution in [2.45, 2.75) is 45.1 Å². The summed E-state index contributed by atoms with van der Waals surface area (Å²) < 4.78 is 5.72. The Morgan fingerprint density at radius 1 is 1.33 bits per heavy atom. The van der Waals surface area contributed by atoms with Gasteiger partial charge in [-0.25, -0.2) is 0 Å². The number of rotatable bonds is 3. The van der Waals surface area contributed by atoms with E-state index in [-0.39, 0.29) is 18.3 Å². The Balaban J connectivity index is 1.66. The second-order valence-electron chi connectivity index (χ2n) is 5.93. The first-order valence-corrected chi connectivity index (χ1v) is 7.74. The summed E-state index contributed by atoms with van der Waals surface area (Å²) in [5, 5.41) is 0. The molecular weight excluding hydrogens is 266 g/mol. The number of amides is 1. The van der Waals surface area contributed by atoms with Gasteiger partial charge in [-0.05, 0) is 38.7 Å². The zero-order valence-electron chi connectivity index (χ0n) is 12.4. The summed E-state index contributed by atoms with van der Waals surface area (Å²) in [7, 11) is 0. The van der Waals surface area contributed by atoms with Crippen molar-refractivity contribution in [1.82, 2.24) is 4.90 Å². The lowest BCUT2D eigenvalue weighted by Gasteiger charge is -2.33. The third-order valence-corrected chi connectivity index (χ3v) is 4.51. The van der Waals surface area contributed by atoms with Gasteiger partial charge < -0.3 is 9.64 Å². The topological polar surface area (TPSA) is 46.6 Å². The summed E-state index contributed by atoms with van der Waals surface area (Å²) in [5.41, 5.74) is 1.72. The molecule has 0 radical (unpaired) electrons. The number of Topliss-reactive ketones (excluding diaryl/α,β-unsaturated/α-hetero) is 1. The van der Waals surface area contributed by atoms with Crippen molar-refractivity contribution in [3.05, 3.63) is 29.3 Å². The highest BCUT2D eigenvalue weighted by atomic mass is 16.5. The van der Waals surface area contributed by atoms with Gasteiger partial charge >= 0.3 is 0 Å². The van der Waals surface area contributed by atoms with Gasteiger partial charge in [0.1, 0.15) is 5.75 Å². The lowest BCUT2D eigenvalue weighted by molar-refractivity contribution is -0.136. The van der Waals surface area contributed by atoms with E-state index in [2.05, 4.69) is 6.92 Å². The number of fused-ring (bicyclic) bond motifs is 1. The van der Waals surface area contributed by atoms with Gasteiger partial charge in [0.25, 0.3) is 5.91 Å². The first-order valence-electron chi connectivity index (χ1n) is 7.74. The lowest BCUT2D eigenvalue weighted by atomic mass is 10.0. The fourth-order valence-corrected chi connectivity index (χ4v) is 3.28. The third kappa shape index (κ3) is 2.80. The van der Waals surface area contributed by atoms with Crippen LogP contribution < -0.4 is 4.74 Å². The van der Waals surface area contributed by atoms with E-state index in [0.717, 1.165) is 36.9 Å². The molecule has 1 aromatic carbocycles. The summed E-state index contributed by atoms with van der Waals surface area (Å²) in [6.07, 6.45) is 4.61. The summed E-state index contributed by atoms with van der Waals surface area (Å²) in [5.74, 6) is 0.909. The largest absolute Gasteiger partial charge is 0.483 e. The van der Waals surface area contributed by atoms with Crippen LogP contribution in [0.1, 0.15) is 48.5 Å². The second-order valence-corrected chi connectivity index (χ2v) is 5.93. The minimum Gasteiger partial charge on any atom is -0.483 e. The number of hydrogen-bond acceptors (Lipinski definition) is 3. The Kier molecular flexibility index (Phi) is 3.95. The van der Waals surface area contributed by atoms with Crippen molar-refractivity contribution < 1.29 is 14.3 Å². The lowest BCUT2D eigenvalue weighted by Crippen LogP contribution is -2.44. The molecule has 4 heteroatoms. The van der Waals surface area contributed by atoms with Crippen molar-refractivity contribution in [3.63, 3.8) is 0 Å². The van der Waals surface area contributed by atoms with Crippen LogP contribution in [0.3, 0.4) is 0 Å². The number of hydrogen-bond donors (Lipinski definition) is 0.